The minimum Gasteiger partial charge on any atom is -0.452 e. The van der Waals surface area contributed by atoms with Crippen molar-refractivity contribution in [3.8, 4) is 0 Å². The number of esters is 1. The molecule has 0 saturated heterocycles. The smallest absolute Gasteiger partial charge is 0.338 e. The number of hydrogen-bond donors (Lipinski definition) is 2. The number of hydrogen-bond acceptors (Lipinski definition) is 5. The van der Waals surface area contributed by atoms with E-state index >= 15 is 0 Å². The van der Waals surface area contributed by atoms with Crippen molar-refractivity contribution in [2.24, 2.45) is 0 Å². The predicted molar refractivity (Wildman–Crippen MR) is 114 cm³/mol. The fourth-order valence-corrected chi connectivity index (χ4v) is 3.17. The fraction of sp³-hybridized carbons (Fsp3) is 0.0952. The van der Waals surface area contributed by atoms with Crippen molar-refractivity contribution >= 4 is 52.1 Å². The van der Waals surface area contributed by atoms with E-state index in [1.807, 2.05) is 12.3 Å². The highest BCUT2D eigenvalue weighted by molar-refractivity contribution is 7.12. The van der Waals surface area contributed by atoms with Gasteiger partial charge in [-0.1, -0.05) is 23.7 Å². The predicted octanol–water partition coefficient (Wildman–Crippen LogP) is 4.76. The number of amides is 2. The van der Waals surface area contributed by atoms with Crippen LogP contribution in [0.3, 0.4) is 0 Å². The summed E-state index contributed by atoms with van der Waals surface area (Å²) in [7, 11) is 0. The molecule has 0 atom stereocenters. The van der Waals surface area contributed by atoms with Crippen LogP contribution in [0.15, 0.2) is 60.0 Å². The van der Waals surface area contributed by atoms with Crippen molar-refractivity contribution in [1.29, 1.82) is 0 Å². The Morgan fingerprint density at radius 3 is 2.38 bits per heavy atom. The monoisotopic (exact) mass is 428 g/mol. The van der Waals surface area contributed by atoms with Crippen LogP contribution in [0.25, 0.3) is 0 Å². The first-order valence-corrected chi connectivity index (χ1v) is 9.86. The van der Waals surface area contributed by atoms with E-state index in [0.29, 0.717) is 21.3 Å². The Hall–Kier alpha value is -3.16. The quantitative estimate of drug-likeness (QED) is 0.554. The summed E-state index contributed by atoms with van der Waals surface area (Å²) in [6, 6.07) is 14.9. The first-order valence-electron chi connectivity index (χ1n) is 8.60. The number of anilines is 2. The third kappa shape index (κ3) is 5.66. The van der Waals surface area contributed by atoms with Crippen molar-refractivity contribution in [3.05, 3.63) is 81.0 Å². The Balaban J connectivity index is 1.50. The second kappa shape index (κ2) is 9.36. The first kappa shape index (κ1) is 20.6. The van der Waals surface area contributed by atoms with Crippen molar-refractivity contribution in [2.75, 3.05) is 17.2 Å². The number of thiophene rings is 1. The van der Waals surface area contributed by atoms with Crippen molar-refractivity contribution in [2.45, 2.75) is 6.92 Å². The van der Waals surface area contributed by atoms with E-state index in [1.165, 1.54) is 23.5 Å². The summed E-state index contributed by atoms with van der Waals surface area (Å²) in [5, 5.41) is 7.71. The molecular weight excluding hydrogens is 412 g/mol. The molecule has 0 fully saturated rings. The molecule has 3 aromatic rings. The van der Waals surface area contributed by atoms with Crippen LogP contribution in [0.2, 0.25) is 5.02 Å². The number of rotatable bonds is 6. The highest BCUT2D eigenvalue weighted by Gasteiger charge is 2.12. The lowest BCUT2D eigenvalue weighted by atomic mass is 10.2. The van der Waals surface area contributed by atoms with E-state index < -0.39 is 18.5 Å². The maximum absolute atomic E-state index is 12.1. The zero-order chi connectivity index (χ0) is 20.8. The van der Waals surface area contributed by atoms with Gasteiger partial charge in [-0.25, -0.2) is 4.79 Å². The van der Waals surface area contributed by atoms with E-state index in [1.54, 1.807) is 42.5 Å². The molecule has 6 nitrogen and oxygen atoms in total. The molecular formula is C21H17ClN2O4S. The van der Waals surface area contributed by atoms with Crippen molar-refractivity contribution < 1.29 is 19.1 Å². The van der Waals surface area contributed by atoms with Gasteiger partial charge in [0.15, 0.2) is 6.61 Å². The number of nitrogens with one attached hydrogen (secondary N) is 2. The lowest BCUT2D eigenvalue weighted by Gasteiger charge is -2.08. The zero-order valence-corrected chi connectivity index (χ0v) is 17.0. The third-order valence-corrected chi connectivity index (χ3v) is 5.19. The Bertz CT molecular complexity index is 1030. The van der Waals surface area contributed by atoms with Gasteiger partial charge in [0.2, 0.25) is 0 Å². The molecule has 2 amide bonds. The average molecular weight is 429 g/mol. The molecule has 0 saturated carbocycles. The molecule has 29 heavy (non-hydrogen) atoms. The molecule has 0 aliphatic heterocycles. The van der Waals surface area contributed by atoms with Gasteiger partial charge in [-0.05, 0) is 60.3 Å². The molecule has 148 valence electrons. The van der Waals surface area contributed by atoms with Gasteiger partial charge in [0.25, 0.3) is 11.8 Å². The lowest BCUT2D eigenvalue weighted by Crippen LogP contribution is -2.21. The highest BCUT2D eigenvalue weighted by atomic mass is 35.5. The van der Waals surface area contributed by atoms with Gasteiger partial charge in [-0.2, -0.15) is 0 Å². The summed E-state index contributed by atoms with van der Waals surface area (Å²) in [5.41, 5.74) is 2.23. The van der Waals surface area contributed by atoms with Gasteiger partial charge in [0, 0.05) is 16.4 Å². The molecule has 0 unspecified atom stereocenters. The summed E-state index contributed by atoms with van der Waals surface area (Å²) in [4.78, 5) is 36.7. The summed E-state index contributed by atoms with van der Waals surface area (Å²) in [5.74, 6) is -1.33. The third-order valence-electron chi connectivity index (χ3n) is 3.91. The number of ether oxygens (including phenoxy) is 1. The van der Waals surface area contributed by atoms with Gasteiger partial charge < -0.3 is 15.4 Å². The maximum atomic E-state index is 12.1. The van der Waals surface area contributed by atoms with Crippen LogP contribution in [0.5, 0.6) is 0 Å². The Labute approximate surface area is 176 Å². The van der Waals surface area contributed by atoms with E-state index in [9.17, 15) is 14.4 Å². The summed E-state index contributed by atoms with van der Waals surface area (Å²) in [6.45, 7) is 1.43. The fourth-order valence-electron chi connectivity index (χ4n) is 2.37. The van der Waals surface area contributed by atoms with Gasteiger partial charge in [0.1, 0.15) is 0 Å². The molecule has 0 aliphatic carbocycles. The second-order valence-electron chi connectivity index (χ2n) is 6.10. The molecule has 0 spiro atoms. The van der Waals surface area contributed by atoms with Crippen LogP contribution in [0.1, 0.15) is 25.6 Å². The minimum atomic E-state index is -0.641. The van der Waals surface area contributed by atoms with Crippen LogP contribution in [-0.4, -0.2) is 24.4 Å². The standard InChI is InChI=1S/C21H17ClN2O4S/c1-13-4-7-16(11-17(13)22)23-19(25)12-28-21(27)14-5-8-15(9-6-14)24-20(26)18-3-2-10-29-18/h2-11H,12H2,1H3,(H,23,25)(H,24,26). The van der Waals surface area contributed by atoms with E-state index in [4.69, 9.17) is 16.3 Å². The summed E-state index contributed by atoms with van der Waals surface area (Å²) < 4.78 is 5.03. The van der Waals surface area contributed by atoms with Crippen molar-refractivity contribution in [1.82, 2.24) is 0 Å². The zero-order valence-electron chi connectivity index (χ0n) is 15.4. The van der Waals surface area contributed by atoms with Crippen molar-refractivity contribution in [3.63, 3.8) is 0 Å². The number of carbonyl (C=O) groups is 3. The van der Waals surface area contributed by atoms with Crippen LogP contribution < -0.4 is 10.6 Å². The van der Waals surface area contributed by atoms with Crippen LogP contribution in [0, 0.1) is 6.92 Å². The van der Waals surface area contributed by atoms with E-state index in [-0.39, 0.29) is 11.5 Å². The SMILES string of the molecule is Cc1ccc(NC(=O)COC(=O)c2ccc(NC(=O)c3cccs3)cc2)cc1Cl. The van der Waals surface area contributed by atoms with Crippen LogP contribution in [0.4, 0.5) is 11.4 Å². The summed E-state index contributed by atoms with van der Waals surface area (Å²) in [6.07, 6.45) is 0. The molecule has 2 aromatic carbocycles. The Morgan fingerprint density at radius 2 is 1.72 bits per heavy atom. The van der Waals surface area contributed by atoms with E-state index in [0.717, 1.165) is 5.56 Å². The number of aryl methyl sites for hydroxylation is 1. The molecule has 0 bridgehead atoms. The lowest BCUT2D eigenvalue weighted by molar-refractivity contribution is -0.119. The Morgan fingerprint density at radius 1 is 1.00 bits per heavy atom. The second-order valence-corrected chi connectivity index (χ2v) is 7.45. The molecule has 0 aliphatic rings. The number of benzene rings is 2. The maximum Gasteiger partial charge on any atom is 0.338 e. The van der Waals surface area contributed by atoms with Crippen LogP contribution in [-0.2, 0) is 9.53 Å². The first-order chi connectivity index (χ1) is 13.9. The normalized spacial score (nSPS) is 10.3. The van der Waals surface area contributed by atoms with Gasteiger partial charge in [0.05, 0.1) is 10.4 Å². The minimum absolute atomic E-state index is 0.219. The summed E-state index contributed by atoms with van der Waals surface area (Å²) >= 11 is 7.35. The van der Waals surface area contributed by atoms with Crippen LogP contribution >= 0.6 is 22.9 Å². The molecule has 8 heteroatoms. The molecule has 2 N–H and O–H groups in total. The topological polar surface area (TPSA) is 84.5 Å². The van der Waals surface area contributed by atoms with E-state index in [2.05, 4.69) is 10.6 Å². The molecule has 0 radical (unpaired) electrons. The average Bonchev–Trinajstić information content (AvgIpc) is 3.24. The highest BCUT2D eigenvalue weighted by Crippen LogP contribution is 2.20. The number of halogens is 1. The van der Waals surface area contributed by atoms with Gasteiger partial charge in [-0.3, -0.25) is 9.59 Å². The largest absolute Gasteiger partial charge is 0.452 e. The Kier molecular flexibility index (Phi) is 6.64. The molecule has 1 aromatic heterocycles. The van der Waals surface area contributed by atoms with Gasteiger partial charge >= 0.3 is 5.97 Å². The van der Waals surface area contributed by atoms with Gasteiger partial charge in [-0.15, -0.1) is 11.3 Å². The molecule has 1 heterocycles. The molecule has 3 rings (SSSR count). The number of carbonyl (C=O) groups excluding carboxylic acids is 3.